The fraction of sp³-hybridized carbons (Fsp3) is 0. The maximum atomic E-state index is 5.35. The van der Waals surface area contributed by atoms with Crippen molar-refractivity contribution in [1.29, 1.82) is 0 Å². The Morgan fingerprint density at radius 2 is 2.40 bits per heavy atom. The third kappa shape index (κ3) is 0.922. The van der Waals surface area contributed by atoms with E-state index in [9.17, 15) is 0 Å². The predicted octanol–water partition coefficient (Wildman–Crippen LogP) is 0.622. The van der Waals surface area contributed by atoms with Crippen LogP contribution in [0, 0.1) is 0 Å². The van der Waals surface area contributed by atoms with Crippen molar-refractivity contribution in [3.05, 3.63) is 24.5 Å². The van der Waals surface area contributed by atoms with E-state index in [1.165, 1.54) is 22.5 Å². The second-order valence-corrected chi connectivity index (χ2v) is 3.43. The molecule has 0 bridgehead atoms. The van der Waals surface area contributed by atoms with Gasteiger partial charge in [-0.3, -0.25) is 0 Å². The van der Waals surface area contributed by atoms with Crippen molar-refractivity contribution in [3.8, 4) is 0 Å². The first kappa shape index (κ1) is 6.22. The molecule has 0 fully saturated rings. The van der Waals surface area contributed by atoms with E-state index in [-0.39, 0.29) is 0 Å². The second-order valence-electron chi connectivity index (χ2n) is 2.02. The average Bonchev–Trinajstić information content (AvgIpc) is 2.27. The molecule has 2 heterocycles. The molecule has 0 saturated heterocycles. The summed E-state index contributed by atoms with van der Waals surface area (Å²) in [6.45, 7) is 0. The van der Waals surface area contributed by atoms with Crippen molar-refractivity contribution >= 4 is 37.3 Å². The Morgan fingerprint density at radius 1 is 1.50 bits per heavy atom. The van der Waals surface area contributed by atoms with Gasteiger partial charge >= 0.3 is 71.2 Å². The molecule has 0 saturated carbocycles. The molecule has 47 valence electrons. The van der Waals surface area contributed by atoms with Crippen LogP contribution in [0.25, 0.3) is 11.0 Å². The first-order valence-corrected chi connectivity index (χ1v) is 4.34. The van der Waals surface area contributed by atoms with Crippen LogP contribution in [-0.4, -0.2) is 27.5 Å². The van der Waals surface area contributed by atoms with Gasteiger partial charge in [-0.15, -0.1) is 0 Å². The van der Waals surface area contributed by atoms with Gasteiger partial charge in [0.25, 0.3) is 0 Å². The van der Waals surface area contributed by atoms with Gasteiger partial charge in [0.05, 0.1) is 0 Å². The van der Waals surface area contributed by atoms with Gasteiger partial charge in [0.15, 0.2) is 0 Å². The molecular weight excluding hydrogens is 233 g/mol. The quantitative estimate of drug-likeness (QED) is 0.627. The molecule has 3 heteroatoms. The summed E-state index contributed by atoms with van der Waals surface area (Å²) in [5.74, 6) is 0. The Bertz CT molecular complexity index is 322. The normalized spacial score (nSPS) is 10.5. The van der Waals surface area contributed by atoms with E-state index in [1.54, 1.807) is 12.4 Å². The van der Waals surface area contributed by atoms with Gasteiger partial charge in [-0.05, 0) is 0 Å². The van der Waals surface area contributed by atoms with E-state index < -0.39 is 0 Å². The Labute approximate surface area is 71.3 Å². The summed E-state index contributed by atoms with van der Waals surface area (Å²) in [6, 6.07) is 3.99. The van der Waals surface area contributed by atoms with Crippen LogP contribution in [-0.2, 0) is 0 Å². The molecule has 0 N–H and O–H groups in total. The van der Waals surface area contributed by atoms with Crippen LogP contribution in [0.4, 0.5) is 0 Å². The van der Waals surface area contributed by atoms with Gasteiger partial charge in [-0.25, -0.2) is 0 Å². The number of aromatic nitrogens is 1. The summed E-state index contributed by atoms with van der Waals surface area (Å²) in [4.78, 5) is 3.94. The third-order valence-electron chi connectivity index (χ3n) is 1.32. The third-order valence-corrected chi connectivity index (χ3v) is 2.03. The summed E-state index contributed by atoms with van der Waals surface area (Å²) in [5, 5.41) is 1.14. The van der Waals surface area contributed by atoms with Gasteiger partial charge in [0.1, 0.15) is 0 Å². The molecule has 10 heavy (non-hydrogen) atoms. The van der Waals surface area contributed by atoms with Crippen LogP contribution < -0.4 is 3.78 Å². The van der Waals surface area contributed by atoms with Gasteiger partial charge in [0.2, 0.25) is 0 Å². The van der Waals surface area contributed by atoms with Crippen molar-refractivity contribution in [1.82, 2.24) is 4.98 Å². The standard InChI is InChI=1S/C7H4NO.Sn/c1-3-8-5-7-6(1)2-4-9-7;/h1-3,5H;. The minimum absolute atomic E-state index is 0.884. The van der Waals surface area contributed by atoms with E-state index >= 15 is 0 Å². The molecule has 3 radical (unpaired) electrons. The van der Waals surface area contributed by atoms with Crippen LogP contribution in [0.15, 0.2) is 28.9 Å². The van der Waals surface area contributed by atoms with Crippen LogP contribution >= 0.6 is 0 Å². The van der Waals surface area contributed by atoms with Crippen molar-refractivity contribution in [3.63, 3.8) is 0 Å². The molecule has 0 aromatic carbocycles. The number of hydrogen-bond acceptors (Lipinski definition) is 2. The van der Waals surface area contributed by atoms with Gasteiger partial charge in [0, 0.05) is 0 Å². The zero-order valence-corrected chi connectivity index (χ0v) is 8.02. The van der Waals surface area contributed by atoms with Gasteiger partial charge in [-0.1, -0.05) is 0 Å². The molecular formula is C7H4NOSn. The molecule has 0 aliphatic rings. The number of hydrogen-bond donors (Lipinski definition) is 0. The number of rotatable bonds is 0. The van der Waals surface area contributed by atoms with Crippen molar-refractivity contribution in [2.45, 2.75) is 0 Å². The molecule has 2 nitrogen and oxygen atoms in total. The summed E-state index contributed by atoms with van der Waals surface area (Å²) in [7, 11) is 0. The SMILES string of the molecule is [Sn][c]1cc2ccncc2o1. The van der Waals surface area contributed by atoms with E-state index in [0.717, 1.165) is 14.7 Å². The van der Waals surface area contributed by atoms with Crippen LogP contribution in [0.5, 0.6) is 0 Å². The second kappa shape index (κ2) is 2.27. The molecule has 2 aromatic heterocycles. The van der Waals surface area contributed by atoms with E-state index in [0.29, 0.717) is 0 Å². The average molecular weight is 237 g/mol. The Kier molecular flexibility index (Phi) is 1.41. The zero-order valence-electron chi connectivity index (χ0n) is 5.16. The topological polar surface area (TPSA) is 26.0 Å². The van der Waals surface area contributed by atoms with E-state index in [2.05, 4.69) is 4.98 Å². The molecule has 2 rings (SSSR count). The monoisotopic (exact) mass is 238 g/mol. The number of nitrogens with zero attached hydrogens (tertiary/aromatic N) is 1. The van der Waals surface area contributed by atoms with Crippen LogP contribution in [0.2, 0.25) is 0 Å². The molecule has 0 amide bonds. The van der Waals surface area contributed by atoms with Crippen LogP contribution in [0.1, 0.15) is 0 Å². The van der Waals surface area contributed by atoms with Crippen molar-refractivity contribution in [2.24, 2.45) is 0 Å². The Hall–Kier alpha value is -0.511. The first-order chi connectivity index (χ1) is 4.86. The van der Waals surface area contributed by atoms with Gasteiger partial charge in [-0.2, -0.15) is 0 Å². The molecule has 0 aliphatic carbocycles. The van der Waals surface area contributed by atoms with Gasteiger partial charge < -0.3 is 0 Å². The minimum atomic E-state index is 0.884. The summed E-state index contributed by atoms with van der Waals surface area (Å²) in [6.07, 6.45) is 3.51. The van der Waals surface area contributed by atoms with E-state index in [4.69, 9.17) is 4.42 Å². The molecule has 2 aromatic rings. The predicted molar refractivity (Wildman–Crippen MR) is 39.4 cm³/mol. The van der Waals surface area contributed by atoms with Crippen molar-refractivity contribution < 1.29 is 4.42 Å². The Morgan fingerprint density at radius 3 is 3.20 bits per heavy atom. The number of furan rings is 1. The van der Waals surface area contributed by atoms with E-state index in [1.807, 2.05) is 12.1 Å². The first-order valence-electron chi connectivity index (χ1n) is 2.91. The zero-order chi connectivity index (χ0) is 6.97. The number of fused-ring (bicyclic) bond motifs is 1. The molecule has 0 spiro atoms. The molecule has 0 aliphatic heterocycles. The van der Waals surface area contributed by atoms with Crippen molar-refractivity contribution in [2.75, 3.05) is 0 Å². The van der Waals surface area contributed by atoms with Crippen LogP contribution in [0.3, 0.4) is 0 Å². The fourth-order valence-electron chi connectivity index (χ4n) is 0.884. The fourth-order valence-corrected chi connectivity index (χ4v) is 1.64. The summed E-state index contributed by atoms with van der Waals surface area (Å²) >= 11 is 1.31. The Balaban J connectivity index is 2.88. The summed E-state index contributed by atoms with van der Waals surface area (Å²) < 4.78 is 6.37. The summed E-state index contributed by atoms with van der Waals surface area (Å²) in [5.41, 5.74) is 0.884. The molecule has 0 atom stereocenters. The molecule has 0 unspecified atom stereocenters. The maximum absolute atomic E-state index is 5.35. The number of pyridine rings is 1.